The molecule has 0 aromatic carbocycles. The molecule has 0 radical (unpaired) electrons. The minimum atomic E-state index is 0.297. The van der Waals surface area contributed by atoms with Crippen molar-refractivity contribution in [3.8, 4) is 0 Å². The monoisotopic (exact) mass is 285 g/mol. The SMILES string of the molecule is CCCNC(c1cccs1)c1cc(C)c(Cl)s1. The first-order valence-corrected chi connectivity index (χ1v) is 7.82. The van der Waals surface area contributed by atoms with Crippen LogP contribution in [0.25, 0.3) is 0 Å². The Hall–Kier alpha value is -0.350. The molecule has 0 aliphatic rings. The number of nitrogens with one attached hydrogen (secondary N) is 1. The summed E-state index contributed by atoms with van der Waals surface area (Å²) in [6.07, 6.45) is 1.14. The third-order valence-electron chi connectivity index (χ3n) is 2.59. The molecule has 0 spiro atoms. The van der Waals surface area contributed by atoms with Gasteiger partial charge in [-0.3, -0.25) is 0 Å². The molecule has 0 aliphatic carbocycles. The Bertz CT molecular complexity index is 442. The zero-order chi connectivity index (χ0) is 12.3. The third-order valence-corrected chi connectivity index (χ3v) is 5.14. The Morgan fingerprint density at radius 1 is 1.41 bits per heavy atom. The lowest BCUT2D eigenvalue weighted by Gasteiger charge is -2.15. The van der Waals surface area contributed by atoms with Crippen LogP contribution in [-0.2, 0) is 0 Å². The van der Waals surface area contributed by atoms with Gasteiger partial charge in [-0.1, -0.05) is 24.6 Å². The molecule has 2 rings (SSSR count). The Labute approximate surface area is 115 Å². The van der Waals surface area contributed by atoms with Gasteiger partial charge in [0.05, 0.1) is 10.4 Å². The van der Waals surface area contributed by atoms with Crippen LogP contribution in [-0.4, -0.2) is 6.54 Å². The maximum Gasteiger partial charge on any atom is 0.0961 e. The smallest absolute Gasteiger partial charge is 0.0961 e. The summed E-state index contributed by atoms with van der Waals surface area (Å²) >= 11 is 9.64. The van der Waals surface area contributed by atoms with E-state index in [9.17, 15) is 0 Å². The molecule has 4 heteroatoms. The van der Waals surface area contributed by atoms with Gasteiger partial charge in [-0.2, -0.15) is 0 Å². The molecule has 0 fully saturated rings. The zero-order valence-corrected chi connectivity index (χ0v) is 12.4. The average Bonchev–Trinajstić information content (AvgIpc) is 2.92. The summed E-state index contributed by atoms with van der Waals surface area (Å²) in [5.41, 5.74) is 1.17. The fourth-order valence-corrected chi connectivity index (χ4v) is 3.92. The van der Waals surface area contributed by atoms with Crippen molar-refractivity contribution in [3.63, 3.8) is 0 Å². The summed E-state index contributed by atoms with van der Waals surface area (Å²) in [7, 11) is 0. The van der Waals surface area contributed by atoms with Crippen LogP contribution in [0.1, 0.15) is 34.7 Å². The maximum absolute atomic E-state index is 6.16. The van der Waals surface area contributed by atoms with E-state index in [1.54, 1.807) is 22.7 Å². The van der Waals surface area contributed by atoms with Gasteiger partial charge in [-0.05, 0) is 43.0 Å². The molecule has 17 heavy (non-hydrogen) atoms. The van der Waals surface area contributed by atoms with Crippen LogP contribution < -0.4 is 5.32 Å². The maximum atomic E-state index is 6.16. The molecule has 2 aromatic heterocycles. The molecular weight excluding hydrogens is 270 g/mol. The highest BCUT2D eigenvalue weighted by molar-refractivity contribution is 7.16. The zero-order valence-electron chi connectivity index (χ0n) is 10.00. The molecule has 0 saturated heterocycles. The van der Waals surface area contributed by atoms with E-state index in [0.717, 1.165) is 17.3 Å². The van der Waals surface area contributed by atoms with E-state index in [4.69, 9.17) is 11.6 Å². The van der Waals surface area contributed by atoms with Gasteiger partial charge < -0.3 is 5.32 Å². The number of hydrogen-bond donors (Lipinski definition) is 1. The number of halogens is 1. The fourth-order valence-electron chi connectivity index (χ4n) is 1.71. The summed E-state index contributed by atoms with van der Waals surface area (Å²) in [4.78, 5) is 2.67. The van der Waals surface area contributed by atoms with Gasteiger partial charge in [0.1, 0.15) is 0 Å². The van der Waals surface area contributed by atoms with Gasteiger partial charge in [-0.15, -0.1) is 22.7 Å². The van der Waals surface area contributed by atoms with E-state index in [1.807, 2.05) is 0 Å². The van der Waals surface area contributed by atoms with Crippen molar-refractivity contribution in [3.05, 3.63) is 43.2 Å². The van der Waals surface area contributed by atoms with Crippen molar-refractivity contribution in [1.29, 1.82) is 0 Å². The highest BCUT2D eigenvalue weighted by Crippen LogP contribution is 2.35. The number of thiophene rings is 2. The van der Waals surface area contributed by atoms with Crippen LogP contribution in [0.2, 0.25) is 4.34 Å². The van der Waals surface area contributed by atoms with Crippen molar-refractivity contribution in [2.45, 2.75) is 26.3 Å². The minimum Gasteiger partial charge on any atom is -0.305 e. The average molecular weight is 286 g/mol. The summed E-state index contributed by atoms with van der Waals surface area (Å²) in [6, 6.07) is 6.77. The van der Waals surface area contributed by atoms with Crippen molar-refractivity contribution >= 4 is 34.3 Å². The highest BCUT2D eigenvalue weighted by atomic mass is 35.5. The summed E-state index contributed by atoms with van der Waals surface area (Å²) in [5, 5.41) is 5.71. The van der Waals surface area contributed by atoms with Gasteiger partial charge >= 0.3 is 0 Å². The van der Waals surface area contributed by atoms with Crippen molar-refractivity contribution in [2.24, 2.45) is 0 Å². The quantitative estimate of drug-likeness (QED) is 0.827. The molecule has 1 N–H and O–H groups in total. The van der Waals surface area contributed by atoms with Crippen LogP contribution in [0.15, 0.2) is 23.6 Å². The predicted octanol–water partition coefficient (Wildman–Crippen LogP) is 4.86. The molecular formula is C13H16ClNS2. The van der Waals surface area contributed by atoms with E-state index in [2.05, 4.69) is 42.7 Å². The van der Waals surface area contributed by atoms with Crippen LogP contribution in [0.4, 0.5) is 0 Å². The predicted molar refractivity (Wildman–Crippen MR) is 78.5 cm³/mol. The molecule has 0 amide bonds. The molecule has 2 aromatic rings. The van der Waals surface area contributed by atoms with Gasteiger partial charge in [0, 0.05) is 9.75 Å². The standard InChI is InChI=1S/C13H16ClNS2/c1-3-6-15-12(10-5-4-7-16-10)11-8-9(2)13(14)17-11/h4-5,7-8,12,15H,3,6H2,1-2H3. The molecule has 1 nitrogen and oxygen atoms in total. The Morgan fingerprint density at radius 3 is 2.76 bits per heavy atom. The lowest BCUT2D eigenvalue weighted by molar-refractivity contribution is 0.613. The van der Waals surface area contributed by atoms with Gasteiger partial charge in [0.15, 0.2) is 0 Å². The number of hydrogen-bond acceptors (Lipinski definition) is 3. The summed E-state index contributed by atoms with van der Waals surface area (Å²) in [5.74, 6) is 0. The summed E-state index contributed by atoms with van der Waals surface area (Å²) in [6.45, 7) is 5.27. The van der Waals surface area contributed by atoms with Crippen LogP contribution in [0.5, 0.6) is 0 Å². The van der Waals surface area contributed by atoms with E-state index in [-0.39, 0.29) is 0 Å². The molecule has 0 aliphatic heterocycles. The van der Waals surface area contributed by atoms with E-state index in [0.29, 0.717) is 6.04 Å². The Kier molecular flexibility index (Phi) is 4.62. The van der Waals surface area contributed by atoms with Gasteiger partial charge in [-0.25, -0.2) is 0 Å². The van der Waals surface area contributed by atoms with Crippen molar-refractivity contribution < 1.29 is 0 Å². The largest absolute Gasteiger partial charge is 0.305 e. The van der Waals surface area contributed by atoms with Gasteiger partial charge in [0.2, 0.25) is 0 Å². The molecule has 0 bridgehead atoms. The second-order valence-corrected chi connectivity index (χ2v) is 6.67. The second kappa shape index (κ2) is 6.01. The van der Waals surface area contributed by atoms with Crippen LogP contribution in [0, 0.1) is 6.92 Å². The number of aryl methyl sites for hydroxylation is 1. The van der Waals surface area contributed by atoms with E-state index < -0.39 is 0 Å². The minimum absolute atomic E-state index is 0.297. The first-order valence-electron chi connectivity index (χ1n) is 5.75. The molecule has 2 heterocycles. The normalized spacial score (nSPS) is 12.9. The lowest BCUT2D eigenvalue weighted by atomic mass is 10.2. The Balaban J connectivity index is 2.26. The summed E-state index contributed by atoms with van der Waals surface area (Å²) < 4.78 is 0.903. The molecule has 0 saturated carbocycles. The highest BCUT2D eigenvalue weighted by Gasteiger charge is 2.17. The van der Waals surface area contributed by atoms with E-state index in [1.165, 1.54) is 15.3 Å². The second-order valence-electron chi connectivity index (χ2n) is 4.01. The molecule has 1 atom stereocenters. The number of rotatable bonds is 5. The first-order chi connectivity index (χ1) is 8.22. The molecule has 92 valence electrons. The lowest BCUT2D eigenvalue weighted by Crippen LogP contribution is -2.21. The van der Waals surface area contributed by atoms with Crippen LogP contribution >= 0.6 is 34.3 Å². The Morgan fingerprint density at radius 2 is 2.24 bits per heavy atom. The van der Waals surface area contributed by atoms with Crippen molar-refractivity contribution in [2.75, 3.05) is 6.54 Å². The third kappa shape index (κ3) is 3.10. The van der Waals surface area contributed by atoms with E-state index >= 15 is 0 Å². The van der Waals surface area contributed by atoms with Crippen LogP contribution in [0.3, 0.4) is 0 Å². The van der Waals surface area contributed by atoms with Gasteiger partial charge in [0.25, 0.3) is 0 Å². The topological polar surface area (TPSA) is 12.0 Å². The van der Waals surface area contributed by atoms with Crippen molar-refractivity contribution in [1.82, 2.24) is 5.32 Å². The fraction of sp³-hybridized carbons (Fsp3) is 0.385. The molecule has 1 unspecified atom stereocenters. The first kappa shape index (κ1) is 13.1.